The lowest BCUT2D eigenvalue weighted by atomic mass is 10.1. The van der Waals surface area contributed by atoms with E-state index in [-0.39, 0.29) is 35.8 Å². The highest BCUT2D eigenvalue weighted by Gasteiger charge is 2.37. The van der Waals surface area contributed by atoms with E-state index in [0.717, 1.165) is 0 Å². The fraction of sp³-hybridized carbons (Fsp3) is 0.417. The van der Waals surface area contributed by atoms with Crippen LogP contribution in [0.1, 0.15) is 12.0 Å². The molecular weight excluding hydrogens is 288 g/mol. The molecule has 1 aliphatic heterocycles. The molecular formula is C12H13ClN2O5. The number of halogens is 1. The van der Waals surface area contributed by atoms with Crippen molar-refractivity contribution in [2.75, 3.05) is 6.54 Å². The Labute approximate surface area is 119 Å². The topological polar surface area (TPSA) is 104 Å². The predicted molar refractivity (Wildman–Crippen MR) is 70.6 cm³/mol. The number of nitro groups is 1. The molecule has 0 aliphatic carbocycles. The van der Waals surface area contributed by atoms with Crippen LogP contribution in [0.4, 0.5) is 5.69 Å². The molecule has 2 atom stereocenters. The molecule has 2 N–H and O–H groups in total. The van der Waals surface area contributed by atoms with Crippen LogP contribution >= 0.6 is 11.6 Å². The van der Waals surface area contributed by atoms with E-state index in [1.807, 2.05) is 0 Å². The summed E-state index contributed by atoms with van der Waals surface area (Å²) >= 11 is 5.97. The first-order valence-corrected chi connectivity index (χ1v) is 6.34. The first-order valence-electron chi connectivity index (χ1n) is 5.97. The Morgan fingerprint density at radius 3 is 2.85 bits per heavy atom. The number of likely N-dealkylation sites (tertiary alicyclic amines) is 1. The molecule has 0 aromatic heterocycles. The summed E-state index contributed by atoms with van der Waals surface area (Å²) in [7, 11) is 0. The van der Waals surface area contributed by atoms with Crippen molar-refractivity contribution in [3.63, 3.8) is 0 Å². The van der Waals surface area contributed by atoms with E-state index in [0.29, 0.717) is 0 Å². The highest BCUT2D eigenvalue weighted by molar-refractivity contribution is 6.31. The first-order chi connectivity index (χ1) is 9.40. The number of carbonyl (C=O) groups is 1. The largest absolute Gasteiger partial charge is 0.480 e. The van der Waals surface area contributed by atoms with Crippen LogP contribution in [-0.2, 0) is 11.3 Å². The first kappa shape index (κ1) is 14.7. The molecule has 1 aromatic rings. The number of aliphatic hydroxyl groups excluding tert-OH is 1. The lowest BCUT2D eigenvalue weighted by Gasteiger charge is -2.21. The number of aliphatic hydroxyl groups is 1. The Kier molecular flexibility index (Phi) is 4.22. The van der Waals surface area contributed by atoms with Crippen molar-refractivity contribution in [3.05, 3.63) is 38.9 Å². The molecule has 1 aliphatic rings. The van der Waals surface area contributed by atoms with E-state index in [4.69, 9.17) is 16.7 Å². The molecule has 0 saturated carbocycles. The van der Waals surface area contributed by atoms with Crippen molar-refractivity contribution in [1.29, 1.82) is 0 Å². The number of carboxylic acids is 1. The standard InChI is InChI=1S/C12H13ClN2O5/c13-9-2-1-3-10(15(19)20)8(9)6-14-5-7(16)4-11(14)12(17)18/h1-3,7,11,16H,4-6H2,(H,17,18). The van der Waals surface area contributed by atoms with Gasteiger partial charge in [0.1, 0.15) is 6.04 Å². The Morgan fingerprint density at radius 1 is 1.55 bits per heavy atom. The number of β-amino-alcohol motifs (C(OH)–C–C–N with tert-alkyl or cyclic N) is 1. The molecule has 108 valence electrons. The van der Waals surface area contributed by atoms with Crippen molar-refractivity contribution in [3.8, 4) is 0 Å². The monoisotopic (exact) mass is 300 g/mol. The minimum Gasteiger partial charge on any atom is -0.480 e. The molecule has 0 radical (unpaired) electrons. The highest BCUT2D eigenvalue weighted by atomic mass is 35.5. The van der Waals surface area contributed by atoms with Crippen molar-refractivity contribution in [1.82, 2.24) is 4.90 Å². The molecule has 0 bridgehead atoms. The Bertz CT molecular complexity index is 551. The SMILES string of the molecule is O=C(O)C1CC(O)CN1Cc1c(Cl)cccc1[N+](=O)[O-]. The van der Waals surface area contributed by atoms with Gasteiger partial charge in [-0.25, -0.2) is 0 Å². The summed E-state index contributed by atoms with van der Waals surface area (Å²) in [6.07, 6.45) is -0.647. The second kappa shape index (κ2) is 5.74. The minimum absolute atomic E-state index is 0.0179. The van der Waals surface area contributed by atoms with Crippen LogP contribution in [0.2, 0.25) is 5.02 Å². The van der Waals surface area contributed by atoms with Crippen LogP contribution in [0.5, 0.6) is 0 Å². The molecule has 1 heterocycles. The van der Waals surface area contributed by atoms with Gasteiger partial charge in [-0.05, 0) is 6.07 Å². The predicted octanol–water partition coefficient (Wildman–Crippen LogP) is 1.27. The average Bonchev–Trinajstić information content (AvgIpc) is 2.72. The van der Waals surface area contributed by atoms with E-state index >= 15 is 0 Å². The summed E-state index contributed by atoms with van der Waals surface area (Å²) in [4.78, 5) is 23.1. The number of aliphatic carboxylic acids is 1. The molecule has 2 unspecified atom stereocenters. The van der Waals surface area contributed by atoms with E-state index in [1.165, 1.54) is 23.1 Å². The average molecular weight is 301 g/mol. The van der Waals surface area contributed by atoms with Crippen LogP contribution in [0.3, 0.4) is 0 Å². The van der Waals surface area contributed by atoms with Gasteiger partial charge in [0.15, 0.2) is 0 Å². The van der Waals surface area contributed by atoms with E-state index in [1.54, 1.807) is 0 Å². The summed E-state index contributed by atoms with van der Waals surface area (Å²) in [5.41, 5.74) is 0.113. The summed E-state index contributed by atoms with van der Waals surface area (Å²) in [5.74, 6) is -1.06. The Balaban J connectivity index is 2.30. The van der Waals surface area contributed by atoms with Gasteiger partial charge in [-0.3, -0.25) is 19.8 Å². The molecule has 1 aromatic carbocycles. The lowest BCUT2D eigenvalue weighted by molar-refractivity contribution is -0.385. The van der Waals surface area contributed by atoms with E-state index < -0.39 is 23.0 Å². The van der Waals surface area contributed by atoms with Gasteiger partial charge in [-0.1, -0.05) is 17.7 Å². The molecule has 1 saturated heterocycles. The van der Waals surface area contributed by atoms with Crippen LogP contribution in [0.25, 0.3) is 0 Å². The van der Waals surface area contributed by atoms with Gasteiger partial charge >= 0.3 is 5.97 Å². The maximum Gasteiger partial charge on any atom is 0.321 e. The zero-order valence-electron chi connectivity index (χ0n) is 10.4. The molecule has 1 fully saturated rings. The second-order valence-electron chi connectivity index (χ2n) is 4.67. The van der Waals surface area contributed by atoms with Crippen LogP contribution in [-0.4, -0.2) is 44.7 Å². The number of carboxylic acid groups (broad SMARTS) is 1. The molecule has 20 heavy (non-hydrogen) atoms. The van der Waals surface area contributed by atoms with Gasteiger partial charge in [0.25, 0.3) is 5.69 Å². The zero-order chi connectivity index (χ0) is 14.9. The quantitative estimate of drug-likeness (QED) is 0.641. The van der Waals surface area contributed by atoms with Crippen LogP contribution < -0.4 is 0 Å². The van der Waals surface area contributed by atoms with Crippen molar-refractivity contribution in [2.24, 2.45) is 0 Å². The minimum atomic E-state index is -1.06. The molecule has 0 amide bonds. The highest BCUT2D eigenvalue weighted by Crippen LogP contribution is 2.30. The number of benzene rings is 1. The maximum absolute atomic E-state index is 11.1. The zero-order valence-corrected chi connectivity index (χ0v) is 11.2. The smallest absolute Gasteiger partial charge is 0.321 e. The third-order valence-corrected chi connectivity index (χ3v) is 3.67. The summed E-state index contributed by atoms with van der Waals surface area (Å²) < 4.78 is 0. The number of hydrogen-bond acceptors (Lipinski definition) is 5. The van der Waals surface area contributed by atoms with Gasteiger partial charge in [-0.15, -0.1) is 0 Å². The van der Waals surface area contributed by atoms with E-state index in [2.05, 4.69) is 0 Å². The van der Waals surface area contributed by atoms with Crippen LogP contribution in [0, 0.1) is 10.1 Å². The third kappa shape index (κ3) is 2.90. The van der Waals surface area contributed by atoms with Crippen molar-refractivity contribution >= 4 is 23.3 Å². The Hall–Kier alpha value is -1.70. The van der Waals surface area contributed by atoms with Gasteiger partial charge in [0.2, 0.25) is 0 Å². The van der Waals surface area contributed by atoms with Crippen molar-refractivity contribution in [2.45, 2.75) is 25.1 Å². The Morgan fingerprint density at radius 2 is 2.25 bits per heavy atom. The maximum atomic E-state index is 11.1. The molecule has 7 nitrogen and oxygen atoms in total. The lowest BCUT2D eigenvalue weighted by Crippen LogP contribution is -2.35. The number of hydrogen-bond donors (Lipinski definition) is 2. The summed E-state index contributed by atoms with van der Waals surface area (Å²) in [5, 5.41) is 29.9. The fourth-order valence-electron chi connectivity index (χ4n) is 2.39. The van der Waals surface area contributed by atoms with Crippen molar-refractivity contribution < 1.29 is 19.9 Å². The molecule has 0 spiro atoms. The summed E-state index contributed by atoms with van der Waals surface area (Å²) in [6.45, 7) is 0.170. The van der Waals surface area contributed by atoms with Gasteiger partial charge in [-0.2, -0.15) is 0 Å². The third-order valence-electron chi connectivity index (χ3n) is 3.32. The number of nitrogens with zero attached hydrogens (tertiary/aromatic N) is 2. The molecule has 2 rings (SSSR count). The number of rotatable bonds is 4. The van der Waals surface area contributed by atoms with Gasteiger partial charge < -0.3 is 10.2 Å². The summed E-state index contributed by atoms with van der Waals surface area (Å²) in [6, 6.07) is 3.45. The normalized spacial score (nSPS) is 22.9. The van der Waals surface area contributed by atoms with E-state index in [9.17, 15) is 20.0 Å². The number of nitro benzene ring substituents is 1. The van der Waals surface area contributed by atoms with Gasteiger partial charge in [0.05, 0.1) is 21.6 Å². The fourth-order valence-corrected chi connectivity index (χ4v) is 2.62. The molecule has 8 heteroatoms. The van der Waals surface area contributed by atoms with Crippen LogP contribution in [0.15, 0.2) is 18.2 Å². The van der Waals surface area contributed by atoms with Gasteiger partial charge in [0, 0.05) is 25.6 Å². The second-order valence-corrected chi connectivity index (χ2v) is 5.07.